The molecule has 1 unspecified atom stereocenters. The Morgan fingerprint density at radius 2 is 1.84 bits per heavy atom. The van der Waals surface area contributed by atoms with Gasteiger partial charge in [0, 0.05) is 12.6 Å². The van der Waals surface area contributed by atoms with Crippen LogP contribution in [0.25, 0.3) is 0 Å². The van der Waals surface area contributed by atoms with Gasteiger partial charge in [0.2, 0.25) is 0 Å². The summed E-state index contributed by atoms with van der Waals surface area (Å²) >= 11 is 0. The van der Waals surface area contributed by atoms with Crippen molar-refractivity contribution in [1.29, 1.82) is 0 Å². The van der Waals surface area contributed by atoms with E-state index in [1.54, 1.807) is 0 Å². The van der Waals surface area contributed by atoms with Crippen LogP contribution in [-0.4, -0.2) is 62.2 Å². The van der Waals surface area contributed by atoms with Gasteiger partial charge in [0.15, 0.2) is 0 Å². The van der Waals surface area contributed by atoms with E-state index in [0.717, 1.165) is 17.9 Å². The average molecular weight is 265 g/mol. The molecule has 0 bridgehead atoms. The monoisotopic (exact) mass is 265 g/mol. The van der Waals surface area contributed by atoms with Crippen LogP contribution in [0, 0.1) is 11.8 Å². The van der Waals surface area contributed by atoms with Crippen molar-refractivity contribution >= 4 is 0 Å². The van der Waals surface area contributed by atoms with Gasteiger partial charge in [-0.1, -0.05) is 0 Å². The number of nitrogens with zero attached hydrogens (tertiary/aromatic N) is 2. The lowest BCUT2D eigenvalue weighted by Gasteiger charge is -2.31. The summed E-state index contributed by atoms with van der Waals surface area (Å²) in [6, 6.07) is 0.806. The largest absolute Gasteiger partial charge is 0.312 e. The highest BCUT2D eigenvalue weighted by Gasteiger charge is 2.33. The maximum atomic E-state index is 3.77. The van der Waals surface area contributed by atoms with Crippen LogP contribution in [0.15, 0.2) is 0 Å². The van der Waals surface area contributed by atoms with Crippen LogP contribution < -0.4 is 5.32 Å². The second-order valence-corrected chi connectivity index (χ2v) is 7.09. The zero-order valence-electron chi connectivity index (χ0n) is 12.6. The Kier molecular flexibility index (Phi) is 4.78. The first-order valence-corrected chi connectivity index (χ1v) is 8.45. The number of rotatable bonds is 4. The molecule has 1 saturated carbocycles. The molecule has 19 heavy (non-hydrogen) atoms. The molecule has 0 aromatic carbocycles. The van der Waals surface area contributed by atoms with Crippen molar-refractivity contribution in [3.05, 3.63) is 0 Å². The van der Waals surface area contributed by atoms with Crippen molar-refractivity contribution in [1.82, 2.24) is 15.1 Å². The molecule has 0 spiro atoms. The number of hydrogen-bond acceptors (Lipinski definition) is 3. The second kappa shape index (κ2) is 6.55. The lowest BCUT2D eigenvalue weighted by molar-refractivity contribution is 0.183. The van der Waals surface area contributed by atoms with Crippen molar-refractivity contribution in [2.24, 2.45) is 11.8 Å². The topological polar surface area (TPSA) is 18.5 Å². The summed E-state index contributed by atoms with van der Waals surface area (Å²) in [7, 11) is 2.26. The predicted molar refractivity (Wildman–Crippen MR) is 80.4 cm³/mol. The van der Waals surface area contributed by atoms with E-state index in [1.165, 1.54) is 77.8 Å². The van der Waals surface area contributed by atoms with Crippen LogP contribution in [0.5, 0.6) is 0 Å². The fraction of sp³-hybridized carbons (Fsp3) is 1.00. The van der Waals surface area contributed by atoms with Gasteiger partial charge in [-0.25, -0.2) is 0 Å². The molecule has 1 N–H and O–H groups in total. The van der Waals surface area contributed by atoms with E-state index in [2.05, 4.69) is 22.2 Å². The van der Waals surface area contributed by atoms with Gasteiger partial charge in [-0.15, -0.1) is 0 Å². The highest BCUT2D eigenvalue weighted by molar-refractivity contribution is 4.90. The summed E-state index contributed by atoms with van der Waals surface area (Å²) in [5.41, 5.74) is 0. The Morgan fingerprint density at radius 1 is 1.05 bits per heavy atom. The van der Waals surface area contributed by atoms with E-state index in [0.29, 0.717) is 0 Å². The molecule has 0 aromatic heterocycles. The van der Waals surface area contributed by atoms with Crippen molar-refractivity contribution in [2.75, 3.05) is 46.3 Å². The predicted octanol–water partition coefficient (Wildman–Crippen LogP) is 1.79. The first-order valence-electron chi connectivity index (χ1n) is 8.45. The smallest absolute Gasteiger partial charge is 0.0223 e. The van der Waals surface area contributed by atoms with Gasteiger partial charge in [-0.3, -0.25) is 0 Å². The molecule has 3 heteroatoms. The molecule has 2 aliphatic heterocycles. The Morgan fingerprint density at radius 3 is 2.58 bits per heavy atom. The van der Waals surface area contributed by atoms with Gasteiger partial charge in [-0.2, -0.15) is 0 Å². The van der Waals surface area contributed by atoms with Gasteiger partial charge >= 0.3 is 0 Å². The van der Waals surface area contributed by atoms with Crippen molar-refractivity contribution < 1.29 is 0 Å². The van der Waals surface area contributed by atoms with Crippen LogP contribution in [0.2, 0.25) is 0 Å². The lowest BCUT2D eigenvalue weighted by atomic mass is 9.93. The molecule has 0 amide bonds. The molecule has 3 rings (SSSR count). The van der Waals surface area contributed by atoms with Gasteiger partial charge in [0.1, 0.15) is 0 Å². The van der Waals surface area contributed by atoms with Crippen LogP contribution in [0.1, 0.15) is 38.5 Å². The van der Waals surface area contributed by atoms with Crippen LogP contribution >= 0.6 is 0 Å². The Hall–Kier alpha value is -0.120. The minimum Gasteiger partial charge on any atom is -0.312 e. The van der Waals surface area contributed by atoms with E-state index in [4.69, 9.17) is 0 Å². The zero-order valence-corrected chi connectivity index (χ0v) is 12.6. The third kappa shape index (κ3) is 4.17. The van der Waals surface area contributed by atoms with Gasteiger partial charge in [-0.05, 0) is 90.1 Å². The zero-order chi connectivity index (χ0) is 13.1. The molecule has 1 aliphatic carbocycles. The molecule has 0 aromatic rings. The third-order valence-electron chi connectivity index (χ3n) is 5.40. The SMILES string of the molecule is CN1CCC(CCN2CCCNC(C3CC3)C2)CC1. The first kappa shape index (κ1) is 13.8. The fourth-order valence-corrected chi connectivity index (χ4v) is 3.76. The Bertz CT molecular complexity index is 269. The van der Waals surface area contributed by atoms with E-state index in [-0.39, 0.29) is 0 Å². The number of piperidine rings is 1. The van der Waals surface area contributed by atoms with E-state index in [1.807, 2.05) is 0 Å². The second-order valence-electron chi connectivity index (χ2n) is 7.09. The lowest BCUT2D eigenvalue weighted by Crippen LogP contribution is -2.40. The molecule has 2 saturated heterocycles. The first-order chi connectivity index (χ1) is 9.31. The average Bonchev–Trinajstić information content (AvgIpc) is 3.25. The number of hydrogen-bond donors (Lipinski definition) is 1. The maximum Gasteiger partial charge on any atom is 0.0223 e. The Labute approximate surface area is 118 Å². The van der Waals surface area contributed by atoms with Gasteiger partial charge < -0.3 is 15.1 Å². The normalized spacial score (nSPS) is 32.4. The van der Waals surface area contributed by atoms with Crippen LogP contribution in [0.3, 0.4) is 0 Å². The molecule has 110 valence electrons. The number of nitrogens with one attached hydrogen (secondary N) is 1. The minimum absolute atomic E-state index is 0.806. The molecule has 3 nitrogen and oxygen atoms in total. The standard InChI is InChI=1S/C16H31N3/c1-18-10-5-14(6-11-18)7-12-19-9-2-8-17-16(13-19)15-3-4-15/h14-17H,2-13H2,1H3. The molecule has 3 fully saturated rings. The molecule has 3 aliphatic rings. The maximum absolute atomic E-state index is 3.77. The summed E-state index contributed by atoms with van der Waals surface area (Å²) in [5.74, 6) is 2.00. The van der Waals surface area contributed by atoms with Crippen molar-refractivity contribution in [3.63, 3.8) is 0 Å². The molecule has 0 radical (unpaired) electrons. The summed E-state index contributed by atoms with van der Waals surface area (Å²) < 4.78 is 0. The van der Waals surface area contributed by atoms with Crippen LogP contribution in [-0.2, 0) is 0 Å². The van der Waals surface area contributed by atoms with Crippen molar-refractivity contribution in [3.8, 4) is 0 Å². The molecular weight excluding hydrogens is 234 g/mol. The summed E-state index contributed by atoms with van der Waals surface area (Å²) in [6.45, 7) is 7.86. The molecular formula is C16H31N3. The fourth-order valence-electron chi connectivity index (χ4n) is 3.76. The summed E-state index contributed by atoms with van der Waals surface area (Å²) in [4.78, 5) is 5.23. The molecule has 1 atom stereocenters. The van der Waals surface area contributed by atoms with Crippen molar-refractivity contribution in [2.45, 2.75) is 44.6 Å². The van der Waals surface area contributed by atoms with Crippen LogP contribution in [0.4, 0.5) is 0 Å². The minimum atomic E-state index is 0.806. The highest BCUT2D eigenvalue weighted by atomic mass is 15.2. The van der Waals surface area contributed by atoms with Gasteiger partial charge in [0.05, 0.1) is 0 Å². The van der Waals surface area contributed by atoms with E-state index < -0.39 is 0 Å². The molecule has 2 heterocycles. The van der Waals surface area contributed by atoms with E-state index >= 15 is 0 Å². The Balaban J connectivity index is 1.40. The quantitative estimate of drug-likeness (QED) is 0.836. The third-order valence-corrected chi connectivity index (χ3v) is 5.40. The van der Waals surface area contributed by atoms with E-state index in [9.17, 15) is 0 Å². The summed E-state index contributed by atoms with van der Waals surface area (Å²) in [6.07, 6.45) is 8.58. The van der Waals surface area contributed by atoms with Gasteiger partial charge in [0.25, 0.3) is 0 Å². The number of likely N-dealkylation sites (tertiary alicyclic amines) is 1. The summed E-state index contributed by atoms with van der Waals surface area (Å²) in [5, 5.41) is 3.77. The highest BCUT2D eigenvalue weighted by Crippen LogP contribution is 2.33.